The highest BCUT2D eigenvalue weighted by molar-refractivity contribution is 5.97. The molecular formula is C10H12N6O. The van der Waals surface area contributed by atoms with Crippen LogP contribution in [0.25, 0.3) is 5.82 Å². The van der Waals surface area contributed by atoms with Gasteiger partial charge in [0.2, 0.25) is 0 Å². The highest BCUT2D eigenvalue weighted by Crippen LogP contribution is 2.15. The van der Waals surface area contributed by atoms with Crippen molar-refractivity contribution in [2.45, 2.75) is 13.8 Å². The molecule has 2 heterocycles. The van der Waals surface area contributed by atoms with Gasteiger partial charge in [0, 0.05) is 11.8 Å². The summed E-state index contributed by atoms with van der Waals surface area (Å²) < 4.78 is 1.36. The predicted molar refractivity (Wildman–Crippen MR) is 61.6 cm³/mol. The van der Waals surface area contributed by atoms with Crippen molar-refractivity contribution in [1.29, 1.82) is 0 Å². The topological polar surface area (TPSA) is 113 Å². The van der Waals surface area contributed by atoms with Crippen molar-refractivity contribution in [3.63, 3.8) is 0 Å². The number of rotatable bonds is 2. The summed E-state index contributed by atoms with van der Waals surface area (Å²) >= 11 is 0. The third-order valence-corrected chi connectivity index (χ3v) is 2.24. The van der Waals surface area contributed by atoms with Gasteiger partial charge in [-0.05, 0) is 13.8 Å². The van der Waals surface area contributed by atoms with Crippen LogP contribution >= 0.6 is 0 Å². The molecule has 0 saturated heterocycles. The van der Waals surface area contributed by atoms with E-state index in [9.17, 15) is 4.79 Å². The second-order valence-electron chi connectivity index (χ2n) is 3.63. The Hall–Kier alpha value is -2.44. The Bertz CT molecular complexity index is 568. The fraction of sp³-hybridized carbons (Fsp3) is 0.200. The van der Waals surface area contributed by atoms with E-state index in [-0.39, 0.29) is 11.4 Å². The van der Waals surface area contributed by atoms with E-state index in [0.29, 0.717) is 11.6 Å². The monoisotopic (exact) mass is 232 g/mol. The van der Waals surface area contributed by atoms with Crippen LogP contribution in [0, 0.1) is 13.8 Å². The second kappa shape index (κ2) is 3.85. The molecule has 0 fully saturated rings. The molecule has 2 aromatic heterocycles. The molecule has 0 unspecified atom stereocenters. The maximum atomic E-state index is 11.1. The number of hydrogen-bond acceptors (Lipinski definition) is 5. The Labute approximate surface area is 97.5 Å². The average Bonchev–Trinajstić information content (AvgIpc) is 2.58. The van der Waals surface area contributed by atoms with Gasteiger partial charge in [-0.2, -0.15) is 9.78 Å². The number of hydrogen-bond donors (Lipinski definition) is 2. The minimum absolute atomic E-state index is 0.176. The van der Waals surface area contributed by atoms with E-state index in [1.807, 2.05) is 6.92 Å². The number of carbonyl (C=O) groups is 1. The van der Waals surface area contributed by atoms with Gasteiger partial charge in [-0.1, -0.05) is 0 Å². The highest BCUT2D eigenvalue weighted by atomic mass is 16.1. The van der Waals surface area contributed by atoms with Crippen LogP contribution in [0.2, 0.25) is 0 Å². The Morgan fingerprint density at radius 3 is 2.59 bits per heavy atom. The predicted octanol–water partition coefficient (Wildman–Crippen LogP) is -0.0398. The zero-order valence-corrected chi connectivity index (χ0v) is 9.51. The Balaban J connectivity index is 2.57. The van der Waals surface area contributed by atoms with E-state index in [1.165, 1.54) is 10.9 Å². The van der Waals surface area contributed by atoms with Gasteiger partial charge in [0.05, 0.1) is 6.20 Å². The lowest BCUT2D eigenvalue weighted by Gasteiger charge is -2.05. The molecule has 7 heteroatoms. The molecule has 0 aromatic carbocycles. The van der Waals surface area contributed by atoms with E-state index < -0.39 is 5.91 Å². The molecular weight excluding hydrogens is 220 g/mol. The van der Waals surface area contributed by atoms with E-state index in [4.69, 9.17) is 11.5 Å². The first-order valence-corrected chi connectivity index (χ1v) is 4.95. The molecule has 0 aliphatic heterocycles. The molecule has 0 saturated carbocycles. The first-order chi connectivity index (χ1) is 7.99. The molecule has 4 N–H and O–H groups in total. The first kappa shape index (κ1) is 11.1. The van der Waals surface area contributed by atoms with Gasteiger partial charge in [0.25, 0.3) is 5.91 Å². The Kier molecular flexibility index (Phi) is 2.51. The molecule has 0 aliphatic carbocycles. The molecule has 88 valence electrons. The molecule has 0 aliphatic rings. The van der Waals surface area contributed by atoms with Crippen LogP contribution in [0.4, 0.5) is 5.82 Å². The maximum Gasteiger partial charge on any atom is 0.254 e. The average molecular weight is 232 g/mol. The SMILES string of the molecule is Cc1cc(-n2ncc(C(N)=O)c2N)nc(C)n1. The van der Waals surface area contributed by atoms with Crippen LogP contribution in [0.15, 0.2) is 12.3 Å². The number of nitrogens with two attached hydrogens (primary N) is 2. The number of aryl methyl sites for hydroxylation is 2. The molecule has 17 heavy (non-hydrogen) atoms. The zero-order chi connectivity index (χ0) is 12.6. The van der Waals surface area contributed by atoms with E-state index in [2.05, 4.69) is 15.1 Å². The largest absolute Gasteiger partial charge is 0.383 e. The van der Waals surface area contributed by atoms with Gasteiger partial charge in [-0.25, -0.2) is 9.97 Å². The van der Waals surface area contributed by atoms with Gasteiger partial charge >= 0.3 is 0 Å². The van der Waals surface area contributed by atoms with Crippen LogP contribution in [-0.4, -0.2) is 25.7 Å². The molecule has 2 aromatic rings. The second-order valence-corrected chi connectivity index (χ2v) is 3.63. The van der Waals surface area contributed by atoms with Crippen molar-refractivity contribution >= 4 is 11.7 Å². The van der Waals surface area contributed by atoms with Crippen molar-refractivity contribution < 1.29 is 4.79 Å². The van der Waals surface area contributed by atoms with Crippen LogP contribution in [0.3, 0.4) is 0 Å². The van der Waals surface area contributed by atoms with Crippen molar-refractivity contribution in [3.8, 4) is 5.82 Å². The standard InChI is InChI=1S/C10H12N6O/c1-5-3-8(15-6(2)14-5)16-9(11)7(4-13-16)10(12)17/h3-4H,11H2,1-2H3,(H2,12,17). The van der Waals surface area contributed by atoms with Gasteiger partial charge in [0.15, 0.2) is 5.82 Å². The van der Waals surface area contributed by atoms with Crippen LogP contribution < -0.4 is 11.5 Å². The molecule has 0 bridgehead atoms. The van der Waals surface area contributed by atoms with Gasteiger partial charge in [-0.15, -0.1) is 0 Å². The van der Waals surface area contributed by atoms with E-state index in [0.717, 1.165) is 5.69 Å². The van der Waals surface area contributed by atoms with Crippen molar-refractivity contribution in [2.24, 2.45) is 5.73 Å². The third kappa shape index (κ3) is 1.94. The lowest BCUT2D eigenvalue weighted by molar-refractivity contribution is 0.100. The normalized spacial score (nSPS) is 10.5. The number of anilines is 1. The smallest absolute Gasteiger partial charge is 0.254 e. The van der Waals surface area contributed by atoms with Gasteiger partial charge < -0.3 is 11.5 Å². The van der Waals surface area contributed by atoms with Gasteiger partial charge in [0.1, 0.15) is 17.2 Å². The van der Waals surface area contributed by atoms with E-state index >= 15 is 0 Å². The lowest BCUT2D eigenvalue weighted by atomic mass is 10.3. The molecule has 7 nitrogen and oxygen atoms in total. The van der Waals surface area contributed by atoms with Crippen LogP contribution in [0.5, 0.6) is 0 Å². The molecule has 0 spiro atoms. The number of aromatic nitrogens is 4. The summed E-state index contributed by atoms with van der Waals surface area (Å²) in [6.45, 7) is 3.61. The maximum absolute atomic E-state index is 11.1. The molecule has 2 rings (SSSR count). The van der Waals surface area contributed by atoms with Crippen molar-refractivity contribution in [3.05, 3.63) is 29.3 Å². The van der Waals surface area contributed by atoms with Crippen molar-refractivity contribution in [2.75, 3.05) is 5.73 Å². The number of nitrogens with zero attached hydrogens (tertiary/aromatic N) is 4. The van der Waals surface area contributed by atoms with E-state index in [1.54, 1.807) is 13.0 Å². The summed E-state index contributed by atoms with van der Waals surface area (Å²) in [5.74, 6) is 0.682. The number of carbonyl (C=O) groups excluding carboxylic acids is 1. The quantitative estimate of drug-likeness (QED) is 0.754. The summed E-state index contributed by atoms with van der Waals surface area (Å²) in [6.07, 6.45) is 1.32. The highest BCUT2D eigenvalue weighted by Gasteiger charge is 2.14. The zero-order valence-electron chi connectivity index (χ0n) is 9.51. The number of nitrogen functional groups attached to an aromatic ring is 1. The third-order valence-electron chi connectivity index (χ3n) is 2.24. The fourth-order valence-corrected chi connectivity index (χ4v) is 1.54. The Morgan fingerprint density at radius 2 is 2.06 bits per heavy atom. The summed E-state index contributed by atoms with van der Waals surface area (Å²) in [5.41, 5.74) is 11.9. The van der Waals surface area contributed by atoms with Crippen LogP contribution in [0.1, 0.15) is 21.9 Å². The summed E-state index contributed by atoms with van der Waals surface area (Å²) in [5, 5.41) is 3.99. The summed E-state index contributed by atoms with van der Waals surface area (Å²) in [6, 6.07) is 1.72. The summed E-state index contributed by atoms with van der Waals surface area (Å²) in [4.78, 5) is 19.4. The number of amides is 1. The molecule has 0 atom stereocenters. The fourth-order valence-electron chi connectivity index (χ4n) is 1.54. The summed E-state index contributed by atoms with van der Waals surface area (Å²) in [7, 11) is 0. The first-order valence-electron chi connectivity index (χ1n) is 4.95. The molecule has 1 amide bonds. The molecule has 0 radical (unpaired) electrons. The van der Waals surface area contributed by atoms with Gasteiger partial charge in [-0.3, -0.25) is 4.79 Å². The Morgan fingerprint density at radius 1 is 1.35 bits per heavy atom. The minimum atomic E-state index is -0.615. The van der Waals surface area contributed by atoms with Crippen LogP contribution in [-0.2, 0) is 0 Å². The number of primary amides is 1. The van der Waals surface area contributed by atoms with Crippen molar-refractivity contribution in [1.82, 2.24) is 19.7 Å². The minimum Gasteiger partial charge on any atom is -0.383 e. The lowest BCUT2D eigenvalue weighted by Crippen LogP contribution is -2.14.